The minimum absolute atomic E-state index is 0.262. The molecule has 1 saturated heterocycles. The molecular formula is C18H27NO2. The van der Waals surface area contributed by atoms with Crippen molar-refractivity contribution in [1.29, 1.82) is 0 Å². The molecule has 1 saturated carbocycles. The summed E-state index contributed by atoms with van der Waals surface area (Å²) in [6.45, 7) is 7.59. The lowest BCUT2D eigenvalue weighted by Gasteiger charge is -2.44. The molecule has 1 N–H and O–H groups in total. The predicted molar refractivity (Wildman–Crippen MR) is 84.5 cm³/mol. The molecule has 3 rings (SSSR count). The predicted octanol–water partition coefficient (Wildman–Crippen LogP) is 3.10. The van der Waals surface area contributed by atoms with E-state index in [0.29, 0.717) is 5.92 Å². The first kappa shape index (κ1) is 15.0. The summed E-state index contributed by atoms with van der Waals surface area (Å²) >= 11 is 0. The Kier molecular flexibility index (Phi) is 4.34. The topological polar surface area (TPSA) is 32.7 Å². The van der Waals surface area contributed by atoms with Gasteiger partial charge in [0, 0.05) is 18.6 Å². The van der Waals surface area contributed by atoms with Crippen LogP contribution in [0.4, 0.5) is 0 Å². The van der Waals surface area contributed by atoms with Crippen molar-refractivity contribution in [1.82, 2.24) is 4.90 Å². The zero-order valence-electron chi connectivity index (χ0n) is 13.2. The normalized spacial score (nSPS) is 22.8. The van der Waals surface area contributed by atoms with Gasteiger partial charge in [-0.25, -0.2) is 0 Å². The van der Waals surface area contributed by atoms with Crippen LogP contribution in [0.15, 0.2) is 24.3 Å². The lowest BCUT2D eigenvalue weighted by atomic mass is 9.78. The number of aliphatic hydroxyl groups excluding tert-OH is 1. The van der Waals surface area contributed by atoms with E-state index in [-0.39, 0.29) is 5.54 Å². The fourth-order valence-corrected chi connectivity index (χ4v) is 3.45. The van der Waals surface area contributed by atoms with Crippen LogP contribution in [0.5, 0.6) is 0 Å². The molecule has 116 valence electrons. The highest BCUT2D eigenvalue weighted by Crippen LogP contribution is 2.38. The van der Waals surface area contributed by atoms with Crippen molar-refractivity contribution in [2.45, 2.75) is 50.7 Å². The second-order valence-electron chi connectivity index (χ2n) is 6.95. The highest BCUT2D eigenvalue weighted by atomic mass is 16.5. The number of benzene rings is 1. The van der Waals surface area contributed by atoms with Crippen molar-refractivity contribution in [3.05, 3.63) is 35.4 Å². The van der Waals surface area contributed by atoms with Crippen LogP contribution < -0.4 is 0 Å². The van der Waals surface area contributed by atoms with E-state index < -0.39 is 6.10 Å². The van der Waals surface area contributed by atoms with Gasteiger partial charge < -0.3 is 9.84 Å². The average molecular weight is 289 g/mol. The fraction of sp³-hybridized carbons (Fsp3) is 0.667. The molecule has 0 aromatic heterocycles. The summed E-state index contributed by atoms with van der Waals surface area (Å²) in [7, 11) is 0. The molecular weight excluding hydrogens is 262 g/mol. The van der Waals surface area contributed by atoms with E-state index in [2.05, 4.69) is 43.0 Å². The first-order valence-corrected chi connectivity index (χ1v) is 8.20. The minimum Gasteiger partial charge on any atom is -0.386 e. The number of hydrogen-bond acceptors (Lipinski definition) is 3. The molecule has 2 fully saturated rings. The third-order valence-electron chi connectivity index (χ3n) is 5.30. The number of morpholine rings is 1. The van der Waals surface area contributed by atoms with Crippen LogP contribution in [0.1, 0.15) is 56.3 Å². The molecule has 1 heterocycles. The summed E-state index contributed by atoms with van der Waals surface area (Å²) in [5, 5.41) is 10.9. The molecule has 1 aliphatic carbocycles. The van der Waals surface area contributed by atoms with Gasteiger partial charge in [0.15, 0.2) is 0 Å². The Morgan fingerprint density at radius 3 is 2.57 bits per heavy atom. The monoisotopic (exact) mass is 289 g/mol. The molecule has 0 radical (unpaired) electrons. The van der Waals surface area contributed by atoms with Crippen LogP contribution in [0.3, 0.4) is 0 Å². The number of hydrogen-bond donors (Lipinski definition) is 1. The van der Waals surface area contributed by atoms with Gasteiger partial charge in [-0.1, -0.05) is 30.7 Å². The Morgan fingerprint density at radius 2 is 1.95 bits per heavy atom. The fourth-order valence-electron chi connectivity index (χ4n) is 3.45. The Morgan fingerprint density at radius 1 is 1.24 bits per heavy atom. The number of nitrogens with zero attached hydrogens (tertiary/aromatic N) is 1. The van der Waals surface area contributed by atoms with Gasteiger partial charge in [0.25, 0.3) is 0 Å². The third-order valence-corrected chi connectivity index (χ3v) is 5.30. The molecule has 1 aromatic carbocycles. The van der Waals surface area contributed by atoms with E-state index in [9.17, 15) is 5.11 Å². The Hall–Kier alpha value is -0.900. The highest BCUT2D eigenvalue weighted by Gasteiger charge is 2.36. The van der Waals surface area contributed by atoms with E-state index >= 15 is 0 Å². The number of rotatable bonds is 4. The number of aliphatic hydroxyl groups is 1. The van der Waals surface area contributed by atoms with Crippen LogP contribution in [0.25, 0.3) is 0 Å². The SMILES string of the molecule is CC(C)(C(O)c1cccc(C2CCC2)c1)N1CCOCC1. The Bertz CT molecular complexity index is 476. The summed E-state index contributed by atoms with van der Waals surface area (Å²) < 4.78 is 5.43. The first-order valence-electron chi connectivity index (χ1n) is 8.20. The summed E-state index contributed by atoms with van der Waals surface area (Å²) in [6.07, 6.45) is 3.48. The quantitative estimate of drug-likeness (QED) is 0.924. The van der Waals surface area contributed by atoms with Crippen molar-refractivity contribution >= 4 is 0 Å². The maximum Gasteiger partial charge on any atom is 0.0968 e. The molecule has 0 bridgehead atoms. The summed E-state index contributed by atoms with van der Waals surface area (Å²) in [6, 6.07) is 8.59. The van der Waals surface area contributed by atoms with Crippen molar-refractivity contribution < 1.29 is 9.84 Å². The maximum atomic E-state index is 10.9. The Labute approximate surface area is 127 Å². The van der Waals surface area contributed by atoms with Crippen LogP contribution in [0.2, 0.25) is 0 Å². The molecule has 2 aliphatic rings. The van der Waals surface area contributed by atoms with Crippen molar-refractivity contribution in [2.75, 3.05) is 26.3 Å². The molecule has 3 heteroatoms. The van der Waals surface area contributed by atoms with Gasteiger partial charge in [-0.15, -0.1) is 0 Å². The lowest BCUT2D eigenvalue weighted by molar-refractivity contribution is -0.0630. The van der Waals surface area contributed by atoms with Crippen molar-refractivity contribution in [3.8, 4) is 0 Å². The van der Waals surface area contributed by atoms with E-state index in [4.69, 9.17) is 4.74 Å². The summed E-state index contributed by atoms with van der Waals surface area (Å²) in [5.41, 5.74) is 2.19. The zero-order valence-corrected chi connectivity index (χ0v) is 13.2. The Balaban J connectivity index is 1.77. The van der Waals surface area contributed by atoms with Gasteiger partial charge in [0.05, 0.1) is 19.3 Å². The zero-order chi connectivity index (χ0) is 14.9. The van der Waals surface area contributed by atoms with Gasteiger partial charge in [0.2, 0.25) is 0 Å². The van der Waals surface area contributed by atoms with Crippen molar-refractivity contribution in [3.63, 3.8) is 0 Å². The second kappa shape index (κ2) is 6.07. The molecule has 1 unspecified atom stereocenters. The largest absolute Gasteiger partial charge is 0.386 e. The van der Waals surface area contributed by atoms with Gasteiger partial charge in [0.1, 0.15) is 0 Å². The van der Waals surface area contributed by atoms with Crippen LogP contribution in [-0.4, -0.2) is 41.8 Å². The standard InChI is InChI=1S/C18H27NO2/c1-18(2,19-9-11-21-12-10-19)17(20)16-8-4-7-15(13-16)14-5-3-6-14/h4,7-8,13-14,17,20H,3,5-6,9-12H2,1-2H3. The molecule has 1 aliphatic heterocycles. The van der Waals surface area contributed by atoms with Gasteiger partial charge in [-0.05, 0) is 43.7 Å². The van der Waals surface area contributed by atoms with E-state index in [1.807, 2.05) is 0 Å². The summed E-state index contributed by atoms with van der Waals surface area (Å²) in [5.74, 6) is 0.712. The van der Waals surface area contributed by atoms with E-state index in [1.54, 1.807) is 0 Å². The van der Waals surface area contributed by atoms with Gasteiger partial charge >= 0.3 is 0 Å². The van der Waals surface area contributed by atoms with E-state index in [0.717, 1.165) is 31.9 Å². The lowest BCUT2D eigenvalue weighted by Crippen LogP contribution is -2.53. The first-order chi connectivity index (χ1) is 10.1. The number of ether oxygens (including phenoxy) is 1. The molecule has 0 amide bonds. The molecule has 3 nitrogen and oxygen atoms in total. The smallest absolute Gasteiger partial charge is 0.0968 e. The third kappa shape index (κ3) is 3.01. The van der Waals surface area contributed by atoms with Crippen LogP contribution >= 0.6 is 0 Å². The summed E-state index contributed by atoms with van der Waals surface area (Å²) in [4.78, 5) is 2.34. The second-order valence-corrected chi connectivity index (χ2v) is 6.95. The molecule has 0 spiro atoms. The van der Waals surface area contributed by atoms with Gasteiger partial charge in [-0.2, -0.15) is 0 Å². The minimum atomic E-state index is -0.462. The molecule has 1 atom stereocenters. The van der Waals surface area contributed by atoms with Crippen LogP contribution in [-0.2, 0) is 4.74 Å². The molecule has 21 heavy (non-hydrogen) atoms. The maximum absolute atomic E-state index is 10.9. The average Bonchev–Trinajstić information content (AvgIpc) is 2.46. The van der Waals surface area contributed by atoms with Crippen LogP contribution in [0, 0.1) is 0 Å². The van der Waals surface area contributed by atoms with E-state index in [1.165, 1.54) is 24.8 Å². The van der Waals surface area contributed by atoms with Crippen molar-refractivity contribution in [2.24, 2.45) is 0 Å². The molecule has 1 aromatic rings. The van der Waals surface area contributed by atoms with Gasteiger partial charge in [-0.3, -0.25) is 4.90 Å². The highest BCUT2D eigenvalue weighted by molar-refractivity contribution is 5.30.